The molecule has 19 heavy (non-hydrogen) atoms. The molecule has 4 nitrogen and oxygen atoms in total. The van der Waals surface area contributed by atoms with Gasteiger partial charge in [-0.2, -0.15) is 0 Å². The number of hydrogen-bond donors (Lipinski definition) is 2. The van der Waals surface area contributed by atoms with E-state index in [1.807, 2.05) is 13.0 Å². The lowest BCUT2D eigenvalue weighted by Crippen LogP contribution is -2.25. The van der Waals surface area contributed by atoms with Crippen LogP contribution in [-0.4, -0.2) is 16.0 Å². The Balaban J connectivity index is 1.92. The standard InChI is InChI=1S/C15H16N2O2/c1-11-6-7-16-9-13(11)10-17-15(19)8-12-4-2-3-5-14(12)18/h2-7,9,18H,8,10H2,1H3,(H,17,19). The average molecular weight is 256 g/mol. The first-order chi connectivity index (χ1) is 9.16. The number of nitrogens with zero attached hydrogens (tertiary/aromatic N) is 1. The van der Waals surface area contributed by atoms with Gasteiger partial charge in [0, 0.05) is 24.5 Å². The Morgan fingerprint density at radius 1 is 1.26 bits per heavy atom. The number of rotatable bonds is 4. The van der Waals surface area contributed by atoms with Gasteiger partial charge in [0.05, 0.1) is 6.42 Å². The number of carbonyl (C=O) groups is 1. The zero-order chi connectivity index (χ0) is 13.7. The molecule has 0 fully saturated rings. The molecule has 2 aromatic rings. The van der Waals surface area contributed by atoms with E-state index in [0.29, 0.717) is 12.1 Å². The Bertz CT molecular complexity index is 582. The molecule has 0 saturated carbocycles. The maximum Gasteiger partial charge on any atom is 0.224 e. The van der Waals surface area contributed by atoms with Gasteiger partial charge < -0.3 is 10.4 Å². The van der Waals surface area contributed by atoms with Gasteiger partial charge in [0.1, 0.15) is 5.75 Å². The van der Waals surface area contributed by atoms with Crippen molar-refractivity contribution in [3.63, 3.8) is 0 Å². The van der Waals surface area contributed by atoms with Crippen LogP contribution in [0.3, 0.4) is 0 Å². The number of pyridine rings is 1. The molecule has 4 heteroatoms. The second-order valence-corrected chi connectivity index (χ2v) is 4.38. The number of aromatic nitrogens is 1. The minimum atomic E-state index is -0.121. The van der Waals surface area contributed by atoms with Crippen LogP contribution in [0, 0.1) is 6.92 Å². The van der Waals surface area contributed by atoms with Gasteiger partial charge in [0.2, 0.25) is 5.91 Å². The van der Waals surface area contributed by atoms with Crippen LogP contribution >= 0.6 is 0 Å². The van der Waals surface area contributed by atoms with Gasteiger partial charge in [-0.15, -0.1) is 0 Å². The van der Waals surface area contributed by atoms with Gasteiger partial charge >= 0.3 is 0 Å². The molecule has 0 radical (unpaired) electrons. The van der Waals surface area contributed by atoms with Gasteiger partial charge in [-0.25, -0.2) is 0 Å². The SMILES string of the molecule is Cc1ccncc1CNC(=O)Cc1ccccc1O. The van der Waals surface area contributed by atoms with Crippen LogP contribution in [0.15, 0.2) is 42.7 Å². The Labute approximate surface area is 112 Å². The van der Waals surface area contributed by atoms with Crippen LogP contribution in [0.25, 0.3) is 0 Å². The molecule has 1 aromatic carbocycles. The number of aryl methyl sites for hydroxylation is 1. The maximum atomic E-state index is 11.8. The summed E-state index contributed by atoms with van der Waals surface area (Å²) in [6.45, 7) is 2.43. The predicted octanol–water partition coefficient (Wildman–Crippen LogP) is 1.95. The maximum absolute atomic E-state index is 11.8. The van der Waals surface area contributed by atoms with Crippen molar-refractivity contribution in [2.24, 2.45) is 0 Å². The highest BCUT2D eigenvalue weighted by molar-refractivity contribution is 5.79. The number of hydrogen-bond acceptors (Lipinski definition) is 3. The van der Waals surface area contributed by atoms with Crippen molar-refractivity contribution in [1.82, 2.24) is 10.3 Å². The normalized spacial score (nSPS) is 10.2. The quantitative estimate of drug-likeness (QED) is 0.879. The lowest BCUT2D eigenvalue weighted by molar-refractivity contribution is -0.120. The third kappa shape index (κ3) is 3.55. The summed E-state index contributed by atoms with van der Waals surface area (Å²) in [7, 11) is 0. The number of nitrogens with one attached hydrogen (secondary N) is 1. The van der Waals surface area contributed by atoms with Crippen LogP contribution in [0.1, 0.15) is 16.7 Å². The zero-order valence-electron chi connectivity index (χ0n) is 10.8. The Morgan fingerprint density at radius 2 is 2.05 bits per heavy atom. The topological polar surface area (TPSA) is 62.2 Å². The molecule has 0 unspecified atom stereocenters. The lowest BCUT2D eigenvalue weighted by Gasteiger charge is -2.08. The minimum Gasteiger partial charge on any atom is -0.508 e. The van der Waals surface area contributed by atoms with E-state index in [1.165, 1.54) is 0 Å². The van der Waals surface area contributed by atoms with Crippen molar-refractivity contribution in [3.05, 3.63) is 59.4 Å². The fourth-order valence-corrected chi connectivity index (χ4v) is 1.77. The van der Waals surface area contributed by atoms with Gasteiger partial charge in [-0.05, 0) is 30.2 Å². The number of para-hydroxylation sites is 1. The van der Waals surface area contributed by atoms with E-state index in [4.69, 9.17) is 0 Å². The molecular formula is C15H16N2O2. The first kappa shape index (κ1) is 13.1. The van der Waals surface area contributed by atoms with Crippen LogP contribution in [0.5, 0.6) is 5.75 Å². The molecule has 1 heterocycles. The summed E-state index contributed by atoms with van der Waals surface area (Å²) in [5.74, 6) is 0.0277. The summed E-state index contributed by atoms with van der Waals surface area (Å²) < 4.78 is 0. The molecular weight excluding hydrogens is 240 g/mol. The summed E-state index contributed by atoms with van der Waals surface area (Å²) >= 11 is 0. The van der Waals surface area contributed by atoms with Crippen LogP contribution < -0.4 is 5.32 Å². The van der Waals surface area contributed by atoms with Crippen molar-refractivity contribution in [2.45, 2.75) is 19.9 Å². The van der Waals surface area contributed by atoms with Crippen molar-refractivity contribution in [1.29, 1.82) is 0 Å². The molecule has 0 aliphatic carbocycles. The molecule has 0 aliphatic rings. The van der Waals surface area contributed by atoms with E-state index >= 15 is 0 Å². The summed E-state index contributed by atoms with van der Waals surface area (Å²) in [5, 5.41) is 12.4. The van der Waals surface area contributed by atoms with Gasteiger partial charge in [0.15, 0.2) is 0 Å². The molecule has 2 N–H and O–H groups in total. The van der Waals surface area contributed by atoms with E-state index in [-0.39, 0.29) is 18.1 Å². The molecule has 2 rings (SSSR count). The molecule has 1 aromatic heterocycles. The minimum absolute atomic E-state index is 0.121. The van der Waals surface area contributed by atoms with Crippen LogP contribution in [-0.2, 0) is 17.8 Å². The van der Waals surface area contributed by atoms with E-state index in [0.717, 1.165) is 11.1 Å². The molecule has 0 saturated heterocycles. The highest BCUT2D eigenvalue weighted by atomic mass is 16.3. The Hall–Kier alpha value is -2.36. The van der Waals surface area contributed by atoms with Gasteiger partial charge in [-0.3, -0.25) is 9.78 Å². The van der Waals surface area contributed by atoms with E-state index in [9.17, 15) is 9.90 Å². The smallest absolute Gasteiger partial charge is 0.224 e. The monoisotopic (exact) mass is 256 g/mol. The van der Waals surface area contributed by atoms with Crippen LogP contribution in [0.4, 0.5) is 0 Å². The lowest BCUT2D eigenvalue weighted by atomic mass is 10.1. The Kier molecular flexibility index (Phi) is 4.13. The third-order valence-electron chi connectivity index (χ3n) is 2.97. The molecule has 1 amide bonds. The second-order valence-electron chi connectivity index (χ2n) is 4.38. The summed E-state index contributed by atoms with van der Waals surface area (Å²) in [5.41, 5.74) is 2.72. The third-order valence-corrected chi connectivity index (χ3v) is 2.97. The molecule has 0 atom stereocenters. The molecule has 0 bridgehead atoms. The van der Waals surface area contributed by atoms with Crippen molar-refractivity contribution in [2.75, 3.05) is 0 Å². The highest BCUT2D eigenvalue weighted by Gasteiger charge is 2.07. The Morgan fingerprint density at radius 3 is 2.79 bits per heavy atom. The van der Waals surface area contributed by atoms with Crippen molar-refractivity contribution >= 4 is 5.91 Å². The van der Waals surface area contributed by atoms with Gasteiger partial charge in [-0.1, -0.05) is 18.2 Å². The number of carbonyl (C=O) groups excluding carboxylic acids is 1. The largest absolute Gasteiger partial charge is 0.508 e. The number of phenols is 1. The fourth-order valence-electron chi connectivity index (χ4n) is 1.77. The number of aromatic hydroxyl groups is 1. The van der Waals surface area contributed by atoms with Crippen molar-refractivity contribution in [3.8, 4) is 5.75 Å². The van der Waals surface area contributed by atoms with E-state index in [1.54, 1.807) is 36.7 Å². The van der Waals surface area contributed by atoms with Gasteiger partial charge in [0.25, 0.3) is 0 Å². The first-order valence-corrected chi connectivity index (χ1v) is 6.10. The fraction of sp³-hybridized carbons (Fsp3) is 0.200. The van der Waals surface area contributed by atoms with E-state index in [2.05, 4.69) is 10.3 Å². The average Bonchev–Trinajstić information content (AvgIpc) is 2.40. The number of benzene rings is 1. The zero-order valence-corrected chi connectivity index (χ0v) is 10.8. The summed E-state index contributed by atoms with van der Waals surface area (Å²) in [6, 6.07) is 8.76. The predicted molar refractivity (Wildman–Crippen MR) is 72.6 cm³/mol. The van der Waals surface area contributed by atoms with E-state index < -0.39 is 0 Å². The highest BCUT2D eigenvalue weighted by Crippen LogP contribution is 2.15. The number of phenolic OH excluding ortho intramolecular Hbond substituents is 1. The molecule has 0 aliphatic heterocycles. The summed E-state index contributed by atoms with van der Waals surface area (Å²) in [6.07, 6.45) is 3.64. The first-order valence-electron chi connectivity index (χ1n) is 6.10. The van der Waals surface area contributed by atoms with Crippen molar-refractivity contribution < 1.29 is 9.90 Å². The molecule has 0 spiro atoms. The summed E-state index contributed by atoms with van der Waals surface area (Å²) in [4.78, 5) is 15.8. The van der Waals surface area contributed by atoms with Crippen LogP contribution in [0.2, 0.25) is 0 Å². The second kappa shape index (κ2) is 6.00. The molecule has 98 valence electrons. The number of amides is 1.